The number of nitrogens with one attached hydrogen (secondary N) is 1. The lowest BCUT2D eigenvalue weighted by Gasteiger charge is -2.06. The normalized spacial score (nSPS) is 10.4. The topological polar surface area (TPSA) is 37.8 Å². The zero-order chi connectivity index (χ0) is 12.4. The van der Waals surface area contributed by atoms with Gasteiger partial charge in [0.25, 0.3) is 0 Å². The van der Waals surface area contributed by atoms with Crippen LogP contribution in [0.2, 0.25) is 5.02 Å². The van der Waals surface area contributed by atoms with Crippen molar-refractivity contribution in [2.24, 2.45) is 0 Å². The molecule has 0 atom stereocenters. The lowest BCUT2D eigenvalue weighted by atomic mass is 10.2. The Kier molecular flexibility index (Phi) is 4.22. The number of nitrogens with zero attached hydrogens (tertiary/aromatic N) is 2. The lowest BCUT2D eigenvalue weighted by molar-refractivity contribution is 1.15. The summed E-state index contributed by atoms with van der Waals surface area (Å²) in [5.41, 5.74) is 0.925. The maximum atomic E-state index is 5.95. The second kappa shape index (κ2) is 5.49. The number of aromatic nitrogens is 2. The number of hydrogen-bond acceptors (Lipinski definition) is 3. The van der Waals surface area contributed by atoms with Gasteiger partial charge in [-0.25, -0.2) is 9.97 Å². The Morgan fingerprint density at radius 1 is 1.41 bits per heavy atom. The minimum absolute atomic E-state index is 0.673. The quantitative estimate of drug-likeness (QED) is 0.735. The van der Waals surface area contributed by atoms with Crippen LogP contribution in [0.1, 0.15) is 0 Å². The molecule has 1 heterocycles. The van der Waals surface area contributed by atoms with Gasteiger partial charge < -0.3 is 5.32 Å². The van der Waals surface area contributed by atoms with Crippen molar-refractivity contribution in [3.63, 3.8) is 0 Å². The zero-order valence-corrected chi connectivity index (χ0v) is 13.3. The number of anilines is 1. The van der Waals surface area contributed by atoms with E-state index in [1.54, 1.807) is 6.20 Å². The van der Waals surface area contributed by atoms with Crippen LogP contribution in [0.5, 0.6) is 0 Å². The molecule has 0 aliphatic rings. The highest BCUT2D eigenvalue weighted by Crippen LogP contribution is 2.28. The first-order valence-corrected chi connectivity index (χ1v) is 7.02. The fourth-order valence-corrected chi connectivity index (χ4v) is 2.34. The molecule has 88 valence electrons. The Labute approximate surface area is 126 Å². The first-order chi connectivity index (χ1) is 8.11. The van der Waals surface area contributed by atoms with E-state index in [9.17, 15) is 0 Å². The van der Waals surface area contributed by atoms with E-state index >= 15 is 0 Å². The summed E-state index contributed by atoms with van der Waals surface area (Å²) in [6.07, 6.45) is 1.79. The molecular formula is C11H8BrClIN3. The molecule has 0 aliphatic carbocycles. The maximum Gasteiger partial charge on any atom is 0.161 e. The lowest BCUT2D eigenvalue weighted by Crippen LogP contribution is -1.99. The minimum atomic E-state index is 0.673. The van der Waals surface area contributed by atoms with E-state index < -0.39 is 0 Å². The third-order valence-corrected chi connectivity index (χ3v) is 4.16. The van der Waals surface area contributed by atoms with E-state index in [1.165, 1.54) is 0 Å². The van der Waals surface area contributed by atoms with Crippen LogP contribution in [-0.4, -0.2) is 17.0 Å². The molecule has 0 radical (unpaired) electrons. The molecule has 1 aromatic carbocycles. The van der Waals surface area contributed by atoms with Crippen LogP contribution in [-0.2, 0) is 0 Å². The smallest absolute Gasteiger partial charge is 0.161 e. The fraction of sp³-hybridized carbons (Fsp3) is 0.0909. The molecule has 0 saturated heterocycles. The van der Waals surface area contributed by atoms with Crippen LogP contribution in [0.4, 0.5) is 5.82 Å². The highest BCUT2D eigenvalue weighted by molar-refractivity contribution is 14.1. The summed E-state index contributed by atoms with van der Waals surface area (Å²) in [6.45, 7) is 0. The molecule has 0 saturated carbocycles. The van der Waals surface area contributed by atoms with Crippen molar-refractivity contribution in [2.75, 3.05) is 12.4 Å². The zero-order valence-electron chi connectivity index (χ0n) is 8.84. The molecular weight excluding hydrogens is 416 g/mol. The molecule has 2 aromatic rings. The van der Waals surface area contributed by atoms with Gasteiger partial charge in [-0.3, -0.25) is 0 Å². The van der Waals surface area contributed by atoms with Crippen LogP contribution in [0.25, 0.3) is 11.4 Å². The van der Waals surface area contributed by atoms with Crippen molar-refractivity contribution in [3.05, 3.63) is 37.5 Å². The van der Waals surface area contributed by atoms with Crippen LogP contribution in [0, 0.1) is 3.57 Å². The average Bonchev–Trinajstić information content (AvgIpc) is 2.33. The van der Waals surface area contributed by atoms with Gasteiger partial charge in [0, 0.05) is 23.3 Å². The summed E-state index contributed by atoms with van der Waals surface area (Å²) in [7, 11) is 1.84. The molecule has 3 nitrogen and oxygen atoms in total. The van der Waals surface area contributed by atoms with Gasteiger partial charge in [-0.15, -0.1) is 0 Å². The van der Waals surface area contributed by atoms with Gasteiger partial charge in [0.2, 0.25) is 0 Å². The van der Waals surface area contributed by atoms with Gasteiger partial charge in [0.15, 0.2) is 5.82 Å². The van der Waals surface area contributed by atoms with Gasteiger partial charge >= 0.3 is 0 Å². The van der Waals surface area contributed by atoms with Crippen molar-refractivity contribution in [1.82, 2.24) is 9.97 Å². The van der Waals surface area contributed by atoms with Crippen LogP contribution in [0.3, 0.4) is 0 Å². The third kappa shape index (κ3) is 2.89. The summed E-state index contributed by atoms with van der Waals surface area (Å²) in [4.78, 5) is 8.74. The molecule has 0 bridgehead atoms. The van der Waals surface area contributed by atoms with Crippen LogP contribution < -0.4 is 5.32 Å². The molecule has 6 heteroatoms. The molecule has 0 amide bonds. The van der Waals surface area contributed by atoms with Gasteiger partial charge in [0.1, 0.15) is 5.82 Å². The third-order valence-electron chi connectivity index (χ3n) is 2.16. The molecule has 0 aliphatic heterocycles. The van der Waals surface area contributed by atoms with Crippen molar-refractivity contribution < 1.29 is 0 Å². The molecule has 17 heavy (non-hydrogen) atoms. The van der Waals surface area contributed by atoms with Crippen molar-refractivity contribution in [2.45, 2.75) is 0 Å². The van der Waals surface area contributed by atoms with E-state index in [2.05, 4.69) is 53.8 Å². The standard InChI is InChI=1S/C11H8BrClIN3/c1-15-11-9(14)5-16-10(17-11)6-2-3-8(13)7(12)4-6/h2-5H,1H3,(H,15,16,17). The van der Waals surface area contributed by atoms with E-state index in [0.29, 0.717) is 10.8 Å². The Morgan fingerprint density at radius 2 is 2.18 bits per heavy atom. The monoisotopic (exact) mass is 423 g/mol. The van der Waals surface area contributed by atoms with Crippen molar-refractivity contribution in [1.29, 1.82) is 0 Å². The van der Waals surface area contributed by atoms with E-state index in [4.69, 9.17) is 11.6 Å². The highest BCUT2D eigenvalue weighted by Gasteiger charge is 2.07. The summed E-state index contributed by atoms with van der Waals surface area (Å²) in [5, 5.41) is 3.71. The molecule has 0 fully saturated rings. The Morgan fingerprint density at radius 3 is 2.82 bits per heavy atom. The largest absolute Gasteiger partial charge is 0.372 e. The molecule has 1 N–H and O–H groups in total. The molecule has 0 spiro atoms. The number of benzene rings is 1. The van der Waals surface area contributed by atoms with E-state index in [-0.39, 0.29) is 0 Å². The predicted octanol–water partition coefficient (Wildman–Crippen LogP) is 4.21. The van der Waals surface area contributed by atoms with Gasteiger partial charge in [-0.05, 0) is 56.7 Å². The van der Waals surface area contributed by atoms with Crippen molar-refractivity contribution >= 4 is 55.9 Å². The van der Waals surface area contributed by atoms with Crippen molar-refractivity contribution in [3.8, 4) is 11.4 Å². The highest BCUT2D eigenvalue weighted by atomic mass is 127. The number of halogens is 3. The minimum Gasteiger partial charge on any atom is -0.372 e. The molecule has 1 aromatic heterocycles. The predicted molar refractivity (Wildman–Crippen MR) is 82.4 cm³/mol. The summed E-state index contributed by atoms with van der Waals surface area (Å²) < 4.78 is 1.83. The van der Waals surface area contributed by atoms with E-state index in [1.807, 2.05) is 25.2 Å². The average molecular weight is 424 g/mol. The van der Waals surface area contributed by atoms with Gasteiger partial charge in [-0.1, -0.05) is 11.6 Å². The maximum absolute atomic E-state index is 5.95. The summed E-state index contributed by atoms with van der Waals surface area (Å²) >= 11 is 11.5. The van der Waals surface area contributed by atoms with Crippen LogP contribution in [0.15, 0.2) is 28.9 Å². The van der Waals surface area contributed by atoms with Gasteiger partial charge in [-0.2, -0.15) is 0 Å². The Bertz CT molecular complexity index is 562. The summed E-state index contributed by atoms with van der Waals surface area (Å²) in [6, 6.07) is 5.63. The fourth-order valence-electron chi connectivity index (χ4n) is 1.32. The first-order valence-electron chi connectivity index (χ1n) is 4.77. The Hall–Kier alpha value is -0.400. The number of rotatable bonds is 2. The SMILES string of the molecule is CNc1nc(-c2ccc(Cl)c(Br)c2)ncc1I. The summed E-state index contributed by atoms with van der Waals surface area (Å²) in [5.74, 6) is 1.49. The first kappa shape index (κ1) is 13.0. The number of hydrogen-bond donors (Lipinski definition) is 1. The second-order valence-corrected chi connectivity index (χ2v) is 5.69. The molecule has 2 rings (SSSR count). The Balaban J connectivity index is 2.49. The van der Waals surface area contributed by atoms with Gasteiger partial charge in [0.05, 0.1) is 8.59 Å². The van der Waals surface area contributed by atoms with E-state index in [0.717, 1.165) is 19.4 Å². The second-order valence-electron chi connectivity index (χ2n) is 3.27. The molecule has 0 unspecified atom stereocenters. The van der Waals surface area contributed by atoms with Crippen LogP contribution >= 0.6 is 50.1 Å².